The van der Waals surface area contributed by atoms with Crippen LogP contribution in [0.3, 0.4) is 0 Å². The number of unbranched alkanes of at least 4 members (excludes halogenated alkanes) is 17. The van der Waals surface area contributed by atoms with Gasteiger partial charge in [-0.05, 0) is 51.4 Å². The summed E-state index contributed by atoms with van der Waals surface area (Å²) in [6, 6.07) is 0. The Kier molecular flexibility index (Phi) is 34.1. The van der Waals surface area contributed by atoms with Crippen LogP contribution in [0, 0.1) is 0 Å². The van der Waals surface area contributed by atoms with Crippen molar-refractivity contribution in [3.05, 3.63) is 48.6 Å². The van der Waals surface area contributed by atoms with Crippen LogP contribution in [0.4, 0.5) is 0 Å². The third kappa shape index (κ3) is 28.1. The van der Waals surface area contributed by atoms with Gasteiger partial charge in [-0.25, -0.2) is 0 Å². The van der Waals surface area contributed by atoms with E-state index in [1.165, 1.54) is 70.6 Å². The van der Waals surface area contributed by atoms with E-state index >= 15 is 0 Å². The van der Waals surface area contributed by atoms with Crippen molar-refractivity contribution >= 4 is 11.9 Å². The topological polar surface area (TPSA) is 152 Å². The fourth-order valence-electron chi connectivity index (χ4n) is 6.41. The minimum absolute atomic E-state index is 0.224. The van der Waals surface area contributed by atoms with Crippen LogP contribution in [-0.2, 0) is 28.5 Å². The summed E-state index contributed by atoms with van der Waals surface area (Å²) in [6.45, 7) is 3.32. The van der Waals surface area contributed by atoms with E-state index < -0.39 is 55.4 Å². The second-order valence-corrected chi connectivity index (χ2v) is 15.2. The third-order valence-corrected chi connectivity index (χ3v) is 9.95. The maximum atomic E-state index is 12.8. The molecule has 1 aliphatic rings. The van der Waals surface area contributed by atoms with Crippen LogP contribution < -0.4 is 0 Å². The largest absolute Gasteiger partial charge is 0.462 e. The molecule has 56 heavy (non-hydrogen) atoms. The summed E-state index contributed by atoms with van der Waals surface area (Å²) in [7, 11) is 0. The molecule has 0 bridgehead atoms. The maximum absolute atomic E-state index is 12.8. The smallest absolute Gasteiger partial charge is 0.306 e. The summed E-state index contributed by atoms with van der Waals surface area (Å²) in [5, 5.41) is 40.0. The highest BCUT2D eigenvalue weighted by molar-refractivity contribution is 5.70. The van der Waals surface area contributed by atoms with Crippen molar-refractivity contribution in [2.75, 3.05) is 19.8 Å². The van der Waals surface area contributed by atoms with Gasteiger partial charge in [-0.15, -0.1) is 0 Å². The molecule has 1 fully saturated rings. The molecule has 1 aliphatic heterocycles. The molecule has 0 aromatic carbocycles. The molecule has 1 heterocycles. The van der Waals surface area contributed by atoms with Crippen molar-refractivity contribution in [2.45, 2.75) is 211 Å². The molecule has 0 radical (unpaired) electrons. The Morgan fingerprint density at radius 2 is 1.04 bits per heavy atom. The lowest BCUT2D eigenvalue weighted by molar-refractivity contribution is -0.305. The van der Waals surface area contributed by atoms with Crippen molar-refractivity contribution in [3.8, 4) is 0 Å². The molecule has 2 unspecified atom stereocenters. The van der Waals surface area contributed by atoms with Gasteiger partial charge in [0.25, 0.3) is 0 Å². The number of carbonyl (C=O) groups is 2. The Balaban J connectivity index is 2.36. The molecule has 0 aromatic heterocycles. The van der Waals surface area contributed by atoms with Crippen LogP contribution in [0.1, 0.15) is 174 Å². The van der Waals surface area contributed by atoms with Gasteiger partial charge in [0.05, 0.1) is 13.2 Å². The lowest BCUT2D eigenvalue weighted by Crippen LogP contribution is -2.59. The Labute approximate surface area is 339 Å². The molecule has 0 aromatic rings. The van der Waals surface area contributed by atoms with Crippen LogP contribution in [-0.4, -0.2) is 89.0 Å². The van der Waals surface area contributed by atoms with Crippen molar-refractivity contribution in [2.24, 2.45) is 0 Å². The summed E-state index contributed by atoms with van der Waals surface area (Å²) < 4.78 is 22.1. The first-order chi connectivity index (χ1) is 27.3. The van der Waals surface area contributed by atoms with Gasteiger partial charge in [-0.3, -0.25) is 9.59 Å². The first-order valence-corrected chi connectivity index (χ1v) is 22.2. The number of allylic oxidation sites excluding steroid dienone is 8. The summed E-state index contributed by atoms with van der Waals surface area (Å²) >= 11 is 0. The maximum Gasteiger partial charge on any atom is 0.306 e. The van der Waals surface area contributed by atoms with E-state index in [2.05, 4.69) is 62.5 Å². The fourth-order valence-corrected chi connectivity index (χ4v) is 6.41. The van der Waals surface area contributed by atoms with Crippen LogP contribution in [0.25, 0.3) is 0 Å². The van der Waals surface area contributed by atoms with E-state index in [0.29, 0.717) is 12.8 Å². The highest BCUT2D eigenvalue weighted by Gasteiger charge is 2.44. The van der Waals surface area contributed by atoms with E-state index in [1.807, 2.05) is 0 Å². The van der Waals surface area contributed by atoms with Crippen molar-refractivity contribution in [3.63, 3.8) is 0 Å². The van der Waals surface area contributed by atoms with Crippen molar-refractivity contribution in [1.29, 1.82) is 0 Å². The standard InChI is InChI=1S/C46H80O10/c1-3-5-7-9-11-13-15-17-19-20-21-23-24-26-28-30-32-34-41(48)53-37-39(38-54-46-45(52)44(51)43(50)40(36-47)56-46)55-42(49)35-33-31-29-27-25-22-18-16-14-12-10-8-6-4-2/h7,9,13,15,19-20,23-24,39-40,43-47,50-52H,3-6,8,10-12,14,16-18,21-22,25-38H2,1-2H3/b9-7+,15-13+,20-19+,24-23+/t39-,40-,43+,44?,45?,46-/m0/s1. The third-order valence-electron chi connectivity index (χ3n) is 9.95. The molecule has 324 valence electrons. The summed E-state index contributed by atoms with van der Waals surface area (Å²) in [6.07, 6.45) is 35.4. The van der Waals surface area contributed by atoms with Gasteiger partial charge in [0.15, 0.2) is 12.4 Å². The van der Waals surface area contributed by atoms with Gasteiger partial charge in [0.2, 0.25) is 0 Å². The molecule has 0 saturated carbocycles. The van der Waals surface area contributed by atoms with E-state index in [4.69, 9.17) is 18.9 Å². The molecule has 10 heteroatoms. The first-order valence-electron chi connectivity index (χ1n) is 22.2. The number of rotatable bonds is 36. The lowest BCUT2D eigenvalue weighted by Gasteiger charge is -2.39. The fraction of sp³-hybridized carbons (Fsp3) is 0.783. The monoisotopic (exact) mass is 793 g/mol. The normalized spacial score (nSPS) is 20.9. The summed E-state index contributed by atoms with van der Waals surface area (Å²) in [5.74, 6) is -0.842. The predicted molar refractivity (Wildman–Crippen MR) is 224 cm³/mol. The van der Waals surface area contributed by atoms with Crippen LogP contribution in [0.5, 0.6) is 0 Å². The highest BCUT2D eigenvalue weighted by Crippen LogP contribution is 2.22. The summed E-state index contributed by atoms with van der Waals surface area (Å²) in [5.41, 5.74) is 0. The van der Waals surface area contributed by atoms with Gasteiger partial charge < -0.3 is 39.4 Å². The zero-order valence-corrected chi connectivity index (χ0v) is 35.1. The number of esters is 2. The zero-order chi connectivity index (χ0) is 40.9. The molecule has 0 aliphatic carbocycles. The average Bonchev–Trinajstić information content (AvgIpc) is 3.19. The second kappa shape index (κ2) is 37.0. The summed E-state index contributed by atoms with van der Waals surface area (Å²) in [4.78, 5) is 25.3. The van der Waals surface area contributed by atoms with Crippen LogP contribution >= 0.6 is 0 Å². The van der Waals surface area contributed by atoms with E-state index in [9.17, 15) is 30.0 Å². The van der Waals surface area contributed by atoms with Gasteiger partial charge in [-0.2, -0.15) is 0 Å². The Hall–Kier alpha value is -2.34. The number of hydrogen-bond donors (Lipinski definition) is 4. The zero-order valence-electron chi connectivity index (χ0n) is 35.1. The average molecular weight is 793 g/mol. The van der Waals surface area contributed by atoms with E-state index in [1.54, 1.807) is 0 Å². The lowest BCUT2D eigenvalue weighted by atomic mass is 9.99. The molecule has 0 spiro atoms. The van der Waals surface area contributed by atoms with Gasteiger partial charge in [0.1, 0.15) is 31.0 Å². The molecule has 6 atom stereocenters. The number of hydrogen-bond acceptors (Lipinski definition) is 10. The Morgan fingerprint density at radius 1 is 0.554 bits per heavy atom. The Bertz CT molecular complexity index is 1050. The van der Waals surface area contributed by atoms with Gasteiger partial charge in [0, 0.05) is 12.8 Å². The SMILES string of the molecule is CCC/C=C/C/C=C/C/C=C/C/C=C/CCCCCC(=O)OC[C@@H](CO[C@H]1O[C@@H](CO)[C@@H](O)C(O)C1O)OC(=O)CCCCCCCCCCCCCCCC. The predicted octanol–water partition coefficient (Wildman–Crippen LogP) is 9.28. The molecule has 0 amide bonds. The van der Waals surface area contributed by atoms with Crippen molar-refractivity contribution < 1.29 is 49.0 Å². The Morgan fingerprint density at radius 3 is 1.57 bits per heavy atom. The molecular formula is C46H80O10. The van der Waals surface area contributed by atoms with Gasteiger partial charge in [-0.1, -0.05) is 159 Å². The van der Waals surface area contributed by atoms with E-state index in [0.717, 1.165) is 64.2 Å². The first kappa shape index (κ1) is 51.7. The number of aliphatic hydroxyl groups excluding tert-OH is 4. The van der Waals surface area contributed by atoms with E-state index in [-0.39, 0.29) is 26.1 Å². The minimum atomic E-state index is -1.60. The molecule has 10 nitrogen and oxygen atoms in total. The molecular weight excluding hydrogens is 712 g/mol. The highest BCUT2D eigenvalue weighted by atomic mass is 16.7. The van der Waals surface area contributed by atoms with Crippen molar-refractivity contribution in [1.82, 2.24) is 0 Å². The van der Waals surface area contributed by atoms with Crippen LogP contribution in [0.2, 0.25) is 0 Å². The number of carbonyl (C=O) groups excluding carboxylic acids is 2. The van der Waals surface area contributed by atoms with Gasteiger partial charge >= 0.3 is 11.9 Å². The second-order valence-electron chi connectivity index (χ2n) is 15.2. The molecule has 1 saturated heterocycles. The number of ether oxygens (including phenoxy) is 4. The van der Waals surface area contributed by atoms with Crippen LogP contribution in [0.15, 0.2) is 48.6 Å². The molecule has 4 N–H and O–H groups in total. The number of aliphatic hydroxyl groups is 4. The quantitative estimate of drug-likeness (QED) is 0.0275. The minimum Gasteiger partial charge on any atom is -0.462 e. The molecule has 1 rings (SSSR count).